The van der Waals surface area contributed by atoms with Crippen LogP contribution in [0, 0.1) is 11.8 Å². The highest BCUT2D eigenvalue weighted by atomic mass is 32.2. The third kappa shape index (κ3) is 2.57. The minimum atomic E-state index is -3.37. The quantitative estimate of drug-likeness (QED) is 0.511. The molecule has 0 aliphatic heterocycles. The van der Waals surface area contributed by atoms with Gasteiger partial charge in [-0.3, -0.25) is 0 Å². The summed E-state index contributed by atoms with van der Waals surface area (Å²) in [5, 5.41) is 0. The third-order valence-electron chi connectivity index (χ3n) is 6.06. The monoisotopic (exact) mass is 332 g/mol. The molecule has 0 radical (unpaired) electrons. The predicted octanol–water partition coefficient (Wildman–Crippen LogP) is 5.16. The fourth-order valence-corrected chi connectivity index (χ4v) is 7.36. The Morgan fingerprint density at radius 2 is 1.87 bits per heavy atom. The number of unbranched alkanes of at least 4 members (excludes halogenated alkanes) is 3. The van der Waals surface area contributed by atoms with E-state index in [4.69, 9.17) is 0 Å². The van der Waals surface area contributed by atoms with Crippen LogP contribution in [0.15, 0.2) is 47.4 Å². The Morgan fingerprint density at radius 3 is 2.48 bits per heavy atom. The van der Waals surface area contributed by atoms with Crippen LogP contribution in [0.1, 0.15) is 58.3 Å². The molecule has 0 saturated heterocycles. The molecule has 3 rings (SSSR count). The number of sulfone groups is 1. The van der Waals surface area contributed by atoms with Gasteiger partial charge in [-0.25, -0.2) is 8.42 Å². The predicted molar refractivity (Wildman–Crippen MR) is 95.1 cm³/mol. The lowest BCUT2D eigenvalue weighted by molar-refractivity contribution is 0.381. The molecule has 2 saturated carbocycles. The van der Waals surface area contributed by atoms with Crippen molar-refractivity contribution in [1.29, 1.82) is 0 Å². The van der Waals surface area contributed by atoms with Crippen LogP contribution < -0.4 is 0 Å². The van der Waals surface area contributed by atoms with Crippen molar-refractivity contribution >= 4 is 9.84 Å². The van der Waals surface area contributed by atoms with Gasteiger partial charge in [-0.15, -0.1) is 0 Å². The molecule has 3 heteroatoms. The fraction of sp³-hybridized carbons (Fsp3) is 0.600. The van der Waals surface area contributed by atoms with Gasteiger partial charge >= 0.3 is 0 Å². The van der Waals surface area contributed by atoms with Crippen molar-refractivity contribution in [3.63, 3.8) is 0 Å². The van der Waals surface area contributed by atoms with Crippen molar-refractivity contribution in [1.82, 2.24) is 0 Å². The number of fused-ring (bicyclic) bond motifs is 2. The van der Waals surface area contributed by atoms with Gasteiger partial charge in [0.2, 0.25) is 0 Å². The summed E-state index contributed by atoms with van der Waals surface area (Å²) in [4.78, 5) is 0.476. The van der Waals surface area contributed by atoms with Gasteiger partial charge in [-0.05, 0) is 49.7 Å². The fourth-order valence-electron chi connectivity index (χ4n) is 4.84. The summed E-state index contributed by atoms with van der Waals surface area (Å²) < 4.78 is 26.4. The van der Waals surface area contributed by atoms with E-state index in [1.807, 2.05) is 18.2 Å². The van der Waals surface area contributed by atoms with Crippen molar-refractivity contribution in [2.24, 2.45) is 11.8 Å². The van der Waals surface area contributed by atoms with Gasteiger partial charge in [-0.1, -0.05) is 63.0 Å². The first kappa shape index (κ1) is 16.8. The van der Waals surface area contributed by atoms with Gasteiger partial charge in [0.15, 0.2) is 9.84 Å². The lowest BCUT2D eigenvalue weighted by Gasteiger charge is -2.39. The van der Waals surface area contributed by atoms with Gasteiger partial charge in [0, 0.05) is 0 Å². The minimum Gasteiger partial charge on any atom is -0.223 e. The summed E-state index contributed by atoms with van der Waals surface area (Å²) in [5.74, 6) is 0.691. The van der Waals surface area contributed by atoms with Crippen LogP contribution in [-0.2, 0) is 9.84 Å². The second kappa shape index (κ2) is 6.43. The molecule has 0 aromatic heterocycles. The summed E-state index contributed by atoms with van der Waals surface area (Å²) in [7, 11) is -3.37. The van der Waals surface area contributed by atoms with Crippen LogP contribution in [0.5, 0.6) is 0 Å². The third-order valence-corrected chi connectivity index (χ3v) is 8.71. The molecular weight excluding hydrogens is 304 g/mol. The molecular formula is C20H28O2S. The van der Waals surface area contributed by atoms with Crippen molar-refractivity contribution < 1.29 is 8.42 Å². The van der Waals surface area contributed by atoms with Crippen molar-refractivity contribution in [3.8, 4) is 0 Å². The Balaban J connectivity index is 1.98. The molecule has 2 aliphatic carbocycles. The Bertz CT molecular complexity index is 662. The molecule has 0 heterocycles. The number of rotatable bonds is 7. The molecule has 0 N–H and O–H groups in total. The van der Waals surface area contributed by atoms with E-state index < -0.39 is 14.6 Å². The largest absolute Gasteiger partial charge is 0.223 e. The van der Waals surface area contributed by atoms with Crippen molar-refractivity contribution in [2.45, 2.75) is 67.9 Å². The SMILES string of the molecule is C=C1[C@H]2CC[C@H](C2)[C@]1(CCCCCC)S(=O)(=O)c1ccccc1. The van der Waals surface area contributed by atoms with Crippen LogP contribution in [-0.4, -0.2) is 13.2 Å². The van der Waals surface area contributed by atoms with E-state index in [1.165, 1.54) is 12.8 Å². The molecule has 0 spiro atoms. The average molecular weight is 333 g/mol. The summed E-state index contributed by atoms with van der Waals surface area (Å²) in [5.41, 5.74) is 1.01. The topological polar surface area (TPSA) is 34.1 Å². The first-order valence-electron chi connectivity index (χ1n) is 9.03. The lowest BCUT2D eigenvalue weighted by atomic mass is 9.80. The zero-order valence-corrected chi connectivity index (χ0v) is 14.9. The molecule has 1 aromatic carbocycles. The molecule has 126 valence electrons. The highest BCUT2D eigenvalue weighted by Gasteiger charge is 2.60. The maximum Gasteiger partial charge on any atom is 0.188 e. The van der Waals surface area contributed by atoms with Crippen LogP contribution >= 0.6 is 0 Å². The Hall–Kier alpha value is -1.09. The molecule has 1 aromatic rings. The van der Waals surface area contributed by atoms with Gasteiger partial charge in [0.1, 0.15) is 4.75 Å². The zero-order valence-electron chi connectivity index (χ0n) is 14.1. The number of hydrogen-bond acceptors (Lipinski definition) is 2. The number of benzene rings is 1. The molecule has 2 nitrogen and oxygen atoms in total. The van der Waals surface area contributed by atoms with Crippen molar-refractivity contribution in [2.75, 3.05) is 0 Å². The summed E-state index contributed by atoms with van der Waals surface area (Å²) in [6.45, 7) is 6.49. The van der Waals surface area contributed by atoms with Crippen LogP contribution in [0.4, 0.5) is 0 Å². The standard InChI is InChI=1S/C20H28O2S/c1-3-4-5-9-14-20(16(2)17-12-13-18(20)15-17)23(21,22)19-10-7-6-8-11-19/h6-8,10-11,17-18H,2-5,9,12-15H2,1H3/t17-,18+,20+/m0/s1. The Kier molecular flexibility index (Phi) is 4.68. The first-order chi connectivity index (χ1) is 11.0. The average Bonchev–Trinajstić information content (AvgIpc) is 3.14. The van der Waals surface area contributed by atoms with E-state index in [9.17, 15) is 8.42 Å². The van der Waals surface area contributed by atoms with E-state index in [-0.39, 0.29) is 5.92 Å². The van der Waals surface area contributed by atoms with Gasteiger partial charge in [0.25, 0.3) is 0 Å². The van der Waals surface area contributed by atoms with Crippen molar-refractivity contribution in [3.05, 3.63) is 42.5 Å². The Labute approximate surface area is 140 Å². The summed E-state index contributed by atoms with van der Waals surface area (Å²) >= 11 is 0. The maximum absolute atomic E-state index is 13.6. The lowest BCUT2D eigenvalue weighted by Crippen LogP contribution is -2.45. The minimum absolute atomic E-state index is 0.270. The van der Waals surface area contributed by atoms with E-state index in [0.29, 0.717) is 10.8 Å². The van der Waals surface area contributed by atoms with Gasteiger partial charge in [-0.2, -0.15) is 0 Å². The van der Waals surface area contributed by atoms with Gasteiger partial charge in [0.05, 0.1) is 4.90 Å². The molecule has 23 heavy (non-hydrogen) atoms. The highest BCUT2D eigenvalue weighted by molar-refractivity contribution is 7.93. The molecule has 2 fully saturated rings. The van der Waals surface area contributed by atoms with E-state index >= 15 is 0 Å². The normalized spacial score (nSPS) is 30.0. The highest BCUT2D eigenvalue weighted by Crippen LogP contribution is 2.60. The summed E-state index contributed by atoms with van der Waals surface area (Å²) in [6, 6.07) is 9.04. The van der Waals surface area contributed by atoms with Crippen LogP contribution in [0.2, 0.25) is 0 Å². The van der Waals surface area contributed by atoms with Crippen LogP contribution in [0.3, 0.4) is 0 Å². The Morgan fingerprint density at radius 1 is 1.13 bits per heavy atom. The molecule has 0 unspecified atom stereocenters. The van der Waals surface area contributed by atoms with E-state index in [2.05, 4.69) is 13.5 Å². The molecule has 0 amide bonds. The summed E-state index contributed by atoms with van der Waals surface area (Å²) in [6.07, 6.45) is 8.42. The first-order valence-corrected chi connectivity index (χ1v) is 10.5. The molecule has 2 aliphatic rings. The second-order valence-electron chi connectivity index (χ2n) is 7.25. The molecule has 2 bridgehead atoms. The molecule has 3 atom stereocenters. The van der Waals surface area contributed by atoms with Crippen LogP contribution in [0.25, 0.3) is 0 Å². The van der Waals surface area contributed by atoms with E-state index in [1.54, 1.807) is 12.1 Å². The van der Waals surface area contributed by atoms with E-state index in [0.717, 1.165) is 44.1 Å². The zero-order chi connectivity index (χ0) is 16.5. The smallest absolute Gasteiger partial charge is 0.188 e. The van der Waals surface area contributed by atoms with Gasteiger partial charge < -0.3 is 0 Å². The maximum atomic E-state index is 13.6. The number of hydrogen-bond donors (Lipinski definition) is 0. The second-order valence-corrected chi connectivity index (χ2v) is 9.46.